The lowest BCUT2D eigenvalue weighted by Gasteiger charge is -1.98. The number of nitriles is 1. The Balaban J connectivity index is 3.28. The van der Waals surface area contributed by atoms with E-state index in [-0.39, 0.29) is 0 Å². The van der Waals surface area contributed by atoms with Crippen molar-refractivity contribution in [3.8, 4) is 6.07 Å². The van der Waals surface area contributed by atoms with Crippen LogP contribution in [0.15, 0.2) is 37.2 Å². The van der Waals surface area contributed by atoms with Crippen molar-refractivity contribution in [1.29, 1.82) is 5.26 Å². The molecule has 0 aromatic carbocycles. The first kappa shape index (κ1) is 13.9. The number of thiophene rings is 1. The molecule has 5 nitrogen and oxygen atoms in total. The van der Waals surface area contributed by atoms with Crippen LogP contribution in [0.25, 0.3) is 0 Å². The number of hydrogen-bond acceptors (Lipinski definition) is 6. The van der Waals surface area contributed by atoms with Crippen molar-refractivity contribution in [3.05, 3.63) is 27.9 Å². The van der Waals surface area contributed by atoms with Crippen molar-refractivity contribution >= 4 is 30.9 Å². The number of rotatable bonds is 3. The van der Waals surface area contributed by atoms with E-state index in [0.29, 0.717) is 4.90 Å². The highest BCUT2D eigenvalue weighted by molar-refractivity contribution is 7.95. The third-order valence-electron chi connectivity index (χ3n) is 1.81. The maximum absolute atomic E-state index is 12.1. The smallest absolute Gasteiger partial charge is 0.187 e. The van der Waals surface area contributed by atoms with Crippen LogP contribution in [-0.4, -0.2) is 25.1 Å². The van der Waals surface area contributed by atoms with Gasteiger partial charge in [-0.2, -0.15) is 16.6 Å². The molecule has 0 aliphatic rings. The lowest BCUT2D eigenvalue weighted by molar-refractivity contribution is 0.608. The molecule has 0 radical (unpaired) electrons. The summed E-state index contributed by atoms with van der Waals surface area (Å²) in [4.78, 5) is 0.0202. The van der Waals surface area contributed by atoms with E-state index in [9.17, 15) is 12.6 Å². The molecule has 92 valence electrons. The van der Waals surface area contributed by atoms with Crippen molar-refractivity contribution in [1.82, 2.24) is 0 Å². The van der Waals surface area contributed by atoms with Gasteiger partial charge in [0.15, 0.2) is 14.7 Å². The largest absolute Gasteiger partial charge is 0.245 e. The maximum atomic E-state index is 12.1. The van der Waals surface area contributed by atoms with Crippen LogP contribution < -0.4 is 0 Å². The lowest BCUT2D eigenvalue weighted by atomic mass is 10.7. The molecule has 8 heteroatoms. The summed E-state index contributed by atoms with van der Waals surface area (Å²) in [6.07, 6.45) is 3.15. The first-order chi connectivity index (χ1) is 7.77. The van der Waals surface area contributed by atoms with Gasteiger partial charge >= 0.3 is 0 Å². The van der Waals surface area contributed by atoms with E-state index in [1.165, 1.54) is 23.7 Å². The van der Waals surface area contributed by atoms with Crippen LogP contribution in [0.1, 0.15) is 0 Å². The fourth-order valence-electron chi connectivity index (χ4n) is 0.884. The molecule has 0 saturated carbocycles. The minimum atomic E-state index is -3.62. The maximum Gasteiger partial charge on any atom is 0.187 e. The van der Waals surface area contributed by atoms with Crippen molar-refractivity contribution in [2.45, 2.75) is 4.90 Å². The molecule has 17 heavy (non-hydrogen) atoms. The average Bonchev–Trinajstić information content (AvgIpc) is 2.69. The summed E-state index contributed by atoms with van der Waals surface area (Å²) < 4.78 is 38.0. The first-order valence-electron chi connectivity index (χ1n) is 4.31. The normalized spacial score (nSPS) is 15.9. The van der Waals surface area contributed by atoms with Crippen molar-refractivity contribution in [2.75, 3.05) is 12.5 Å². The summed E-state index contributed by atoms with van der Waals surface area (Å²) >= 11 is 1.37. The molecule has 0 spiro atoms. The summed E-state index contributed by atoms with van der Waals surface area (Å²) in [6.45, 7) is 0. The molecule has 0 N–H and O–H groups in total. The molecule has 1 rings (SSSR count). The Bertz CT molecular complexity index is 684. The van der Waals surface area contributed by atoms with Gasteiger partial charge < -0.3 is 0 Å². The molecular weight excluding hydrogens is 280 g/mol. The van der Waals surface area contributed by atoms with Crippen LogP contribution in [-0.2, 0) is 19.6 Å². The number of nitrogens with zero attached hydrogens (tertiary/aromatic N) is 2. The van der Waals surface area contributed by atoms with Crippen LogP contribution >= 0.6 is 11.3 Å². The summed E-state index contributed by atoms with van der Waals surface area (Å²) in [7, 11) is -6.31. The second-order valence-corrected chi connectivity index (χ2v) is 8.30. The molecule has 0 aliphatic heterocycles. The van der Waals surface area contributed by atoms with Gasteiger partial charge in [0.25, 0.3) is 0 Å². The molecule has 0 bridgehead atoms. The molecular formula is C9H10N2O3S3. The predicted molar refractivity (Wildman–Crippen MR) is 67.6 cm³/mol. The molecule has 0 amide bonds. The van der Waals surface area contributed by atoms with Gasteiger partial charge in [0.1, 0.15) is 6.07 Å². The Morgan fingerprint density at radius 3 is 2.53 bits per heavy atom. The topological polar surface area (TPSA) is 87.4 Å². The number of sulfone groups is 1. The van der Waals surface area contributed by atoms with E-state index in [0.717, 1.165) is 12.5 Å². The zero-order valence-corrected chi connectivity index (χ0v) is 11.6. The fraction of sp³-hybridized carbons (Fsp3) is 0.222. The molecule has 1 atom stereocenters. The Kier molecular flexibility index (Phi) is 4.08. The monoisotopic (exact) mass is 290 g/mol. The fourth-order valence-corrected chi connectivity index (χ4v) is 3.59. The van der Waals surface area contributed by atoms with E-state index in [2.05, 4.69) is 4.36 Å². The van der Waals surface area contributed by atoms with Crippen molar-refractivity contribution in [2.24, 2.45) is 4.36 Å². The molecule has 1 aromatic heterocycles. The quantitative estimate of drug-likeness (QED) is 0.791. The second kappa shape index (κ2) is 5.00. The highest BCUT2D eigenvalue weighted by Gasteiger charge is 2.11. The van der Waals surface area contributed by atoms with Gasteiger partial charge in [-0.3, -0.25) is 0 Å². The predicted octanol–water partition coefficient (Wildman–Crippen LogP) is 1.61. The zero-order valence-electron chi connectivity index (χ0n) is 9.15. The highest BCUT2D eigenvalue weighted by Crippen LogP contribution is 2.16. The summed E-state index contributed by atoms with van der Waals surface area (Å²) in [5.41, 5.74) is 0. The van der Waals surface area contributed by atoms with Crippen LogP contribution in [0.4, 0.5) is 0 Å². The van der Waals surface area contributed by atoms with E-state index >= 15 is 0 Å². The van der Waals surface area contributed by atoms with Crippen LogP contribution in [0, 0.1) is 11.3 Å². The number of hydrogen-bond donors (Lipinski definition) is 0. The molecule has 1 heterocycles. The van der Waals surface area contributed by atoms with E-state index in [4.69, 9.17) is 5.26 Å². The van der Waals surface area contributed by atoms with Crippen LogP contribution in [0.5, 0.6) is 0 Å². The highest BCUT2D eigenvalue weighted by atomic mass is 32.2. The lowest BCUT2D eigenvalue weighted by Crippen LogP contribution is -1.99. The first-order valence-corrected chi connectivity index (χ1v) is 9.07. The SMILES string of the molecule is CS(=O)(=O)/C(C#N)=C/N=[S@](C)(=O)c1ccsc1. The molecule has 0 saturated heterocycles. The van der Waals surface area contributed by atoms with Gasteiger partial charge in [0, 0.05) is 17.9 Å². The van der Waals surface area contributed by atoms with Gasteiger partial charge in [-0.15, -0.1) is 0 Å². The summed E-state index contributed by atoms with van der Waals surface area (Å²) in [6, 6.07) is 3.17. The Hall–Kier alpha value is -1.17. The van der Waals surface area contributed by atoms with Crippen LogP contribution in [0.3, 0.4) is 0 Å². The molecule has 0 fully saturated rings. The van der Waals surface area contributed by atoms with Gasteiger partial charge in [-0.1, -0.05) is 0 Å². The average molecular weight is 290 g/mol. The third-order valence-corrected chi connectivity index (χ3v) is 5.28. The van der Waals surface area contributed by atoms with Gasteiger partial charge in [0.05, 0.1) is 20.8 Å². The molecule has 0 aliphatic carbocycles. The summed E-state index contributed by atoms with van der Waals surface area (Å²) in [5.74, 6) is 0. The van der Waals surface area contributed by atoms with Crippen molar-refractivity contribution in [3.63, 3.8) is 0 Å². The van der Waals surface area contributed by atoms with Gasteiger partial charge in [0.2, 0.25) is 0 Å². The van der Waals surface area contributed by atoms with Gasteiger partial charge in [-0.25, -0.2) is 17.0 Å². The number of allylic oxidation sites excluding steroid dienone is 1. The Morgan fingerprint density at radius 1 is 1.47 bits per heavy atom. The van der Waals surface area contributed by atoms with E-state index in [1.807, 2.05) is 0 Å². The third kappa shape index (κ3) is 3.66. The minimum absolute atomic E-state index is 0.498. The molecule has 1 aromatic rings. The standard InChI is InChI=1S/C9H10N2O3S3/c1-16(12,8-3-4-15-7-8)11-6-9(5-10)17(2,13)14/h3-4,6-7H,1-2H3/b9-6+/t16-/m1/s1. The minimum Gasteiger partial charge on any atom is -0.245 e. The second-order valence-electron chi connectivity index (χ2n) is 3.24. The van der Waals surface area contributed by atoms with Crippen molar-refractivity contribution < 1.29 is 12.6 Å². The molecule has 0 unspecified atom stereocenters. The zero-order chi connectivity index (χ0) is 13.1. The Morgan fingerprint density at radius 2 is 2.12 bits per heavy atom. The summed E-state index contributed by atoms with van der Waals surface area (Å²) in [5, 5.41) is 12.1. The Labute approximate surface area is 105 Å². The van der Waals surface area contributed by atoms with Crippen LogP contribution in [0.2, 0.25) is 0 Å². The van der Waals surface area contributed by atoms with E-state index < -0.39 is 24.5 Å². The van der Waals surface area contributed by atoms with E-state index in [1.54, 1.807) is 16.8 Å². The van der Waals surface area contributed by atoms with Gasteiger partial charge in [-0.05, 0) is 11.4 Å².